The number of Topliss-reactive ketones (excluding diaryl/α,β-unsaturated/α-hetero) is 1. The Balaban J connectivity index is 1.50. The molecular weight excluding hydrogens is 374 g/mol. The predicted octanol–water partition coefficient (Wildman–Crippen LogP) is 5.52. The average Bonchev–Trinajstić information content (AvgIpc) is 3.11. The van der Waals surface area contributed by atoms with Crippen molar-refractivity contribution in [2.45, 2.75) is 26.4 Å². The minimum Gasteiger partial charge on any atom is -0.478 e. The van der Waals surface area contributed by atoms with Gasteiger partial charge in [0.25, 0.3) is 0 Å². The van der Waals surface area contributed by atoms with Crippen molar-refractivity contribution in [2.24, 2.45) is 0 Å². The number of rotatable bonds is 3. The van der Waals surface area contributed by atoms with Gasteiger partial charge in [-0.05, 0) is 42.7 Å². The van der Waals surface area contributed by atoms with Gasteiger partial charge in [0, 0.05) is 12.6 Å². The second-order valence-electron chi connectivity index (χ2n) is 7.83. The lowest BCUT2D eigenvalue weighted by atomic mass is 9.98. The summed E-state index contributed by atoms with van der Waals surface area (Å²) in [5.74, 6) is 1.74. The molecule has 1 atom stereocenters. The van der Waals surface area contributed by atoms with E-state index in [-0.39, 0.29) is 11.8 Å². The molecule has 0 bridgehead atoms. The SMILES string of the molecule is Cc1cc2c(c3c1C(=O)/C(=C/c1ccccc1)O3)CN(C(C)c1ccccc1)CO2. The highest BCUT2D eigenvalue weighted by atomic mass is 16.5. The zero-order valence-electron chi connectivity index (χ0n) is 17.1. The summed E-state index contributed by atoms with van der Waals surface area (Å²) in [4.78, 5) is 15.3. The Morgan fingerprint density at radius 3 is 2.47 bits per heavy atom. The third-order valence-corrected chi connectivity index (χ3v) is 5.88. The summed E-state index contributed by atoms with van der Waals surface area (Å²) in [6.07, 6.45) is 1.81. The first-order valence-electron chi connectivity index (χ1n) is 10.2. The van der Waals surface area contributed by atoms with E-state index < -0.39 is 0 Å². The van der Waals surface area contributed by atoms with Crippen LogP contribution in [0, 0.1) is 6.92 Å². The number of aryl methyl sites for hydroxylation is 1. The normalized spacial score (nSPS) is 17.8. The molecule has 2 aliphatic heterocycles. The summed E-state index contributed by atoms with van der Waals surface area (Å²) >= 11 is 0. The highest BCUT2D eigenvalue weighted by Gasteiger charge is 2.36. The van der Waals surface area contributed by atoms with E-state index in [1.54, 1.807) is 0 Å². The van der Waals surface area contributed by atoms with Crippen molar-refractivity contribution >= 4 is 11.9 Å². The maximum atomic E-state index is 13.1. The molecule has 3 aromatic carbocycles. The molecule has 4 nitrogen and oxygen atoms in total. The molecule has 2 aliphatic rings. The number of ketones is 1. The van der Waals surface area contributed by atoms with Crippen LogP contribution in [-0.4, -0.2) is 17.4 Å². The van der Waals surface area contributed by atoms with Crippen LogP contribution in [-0.2, 0) is 6.54 Å². The Morgan fingerprint density at radius 1 is 1.03 bits per heavy atom. The van der Waals surface area contributed by atoms with E-state index in [9.17, 15) is 4.79 Å². The third kappa shape index (κ3) is 3.19. The molecule has 5 rings (SSSR count). The van der Waals surface area contributed by atoms with Crippen LogP contribution in [0.25, 0.3) is 6.08 Å². The van der Waals surface area contributed by atoms with Crippen LogP contribution in [0.3, 0.4) is 0 Å². The molecule has 1 unspecified atom stereocenters. The second kappa shape index (κ2) is 7.47. The van der Waals surface area contributed by atoms with E-state index in [0.717, 1.165) is 22.4 Å². The van der Waals surface area contributed by atoms with E-state index in [4.69, 9.17) is 9.47 Å². The second-order valence-corrected chi connectivity index (χ2v) is 7.83. The first-order valence-corrected chi connectivity index (χ1v) is 10.2. The van der Waals surface area contributed by atoms with Crippen LogP contribution in [0.5, 0.6) is 11.5 Å². The van der Waals surface area contributed by atoms with E-state index in [1.807, 2.05) is 67.6 Å². The van der Waals surface area contributed by atoms with Gasteiger partial charge in [-0.15, -0.1) is 0 Å². The van der Waals surface area contributed by atoms with E-state index in [0.29, 0.717) is 30.3 Å². The number of allylic oxidation sites excluding steroid dienone is 1. The number of benzene rings is 3. The van der Waals surface area contributed by atoms with Crippen LogP contribution >= 0.6 is 0 Å². The standard InChI is InChI=1S/C26H23NO3/c1-17-13-22-21(15-27(16-29-22)18(2)20-11-7-4-8-12-20)26-24(17)25(28)23(30-26)14-19-9-5-3-6-10-19/h3-14,18H,15-16H2,1-2H3/b23-14-. The number of carbonyl (C=O) groups is 1. The van der Waals surface area contributed by atoms with Gasteiger partial charge in [-0.3, -0.25) is 9.69 Å². The van der Waals surface area contributed by atoms with Crippen molar-refractivity contribution in [1.82, 2.24) is 4.90 Å². The van der Waals surface area contributed by atoms with Gasteiger partial charge in [-0.25, -0.2) is 0 Å². The van der Waals surface area contributed by atoms with Crippen molar-refractivity contribution in [2.75, 3.05) is 6.73 Å². The van der Waals surface area contributed by atoms with E-state index in [1.165, 1.54) is 5.56 Å². The van der Waals surface area contributed by atoms with Gasteiger partial charge in [-0.2, -0.15) is 0 Å². The maximum absolute atomic E-state index is 13.1. The fourth-order valence-electron chi connectivity index (χ4n) is 4.14. The fourth-order valence-corrected chi connectivity index (χ4v) is 4.14. The monoisotopic (exact) mass is 397 g/mol. The maximum Gasteiger partial charge on any atom is 0.232 e. The molecular formula is C26H23NO3. The van der Waals surface area contributed by atoms with Crippen molar-refractivity contribution in [1.29, 1.82) is 0 Å². The van der Waals surface area contributed by atoms with Crippen molar-refractivity contribution < 1.29 is 14.3 Å². The van der Waals surface area contributed by atoms with Gasteiger partial charge in [-0.1, -0.05) is 60.7 Å². The molecule has 4 heteroatoms. The minimum atomic E-state index is -0.0672. The summed E-state index contributed by atoms with van der Waals surface area (Å²) in [5.41, 5.74) is 4.64. The Labute approximate surface area is 176 Å². The molecule has 0 spiro atoms. The van der Waals surface area contributed by atoms with Crippen LogP contribution in [0.2, 0.25) is 0 Å². The summed E-state index contributed by atoms with van der Waals surface area (Å²) in [6, 6.07) is 22.3. The molecule has 0 fully saturated rings. The molecule has 0 saturated heterocycles. The summed E-state index contributed by atoms with van der Waals surface area (Å²) in [6.45, 7) is 5.28. The molecule has 150 valence electrons. The highest BCUT2D eigenvalue weighted by Crippen LogP contribution is 2.45. The molecule has 3 aromatic rings. The van der Waals surface area contributed by atoms with Crippen LogP contribution in [0.15, 0.2) is 72.5 Å². The molecule has 2 heterocycles. The smallest absolute Gasteiger partial charge is 0.232 e. The topological polar surface area (TPSA) is 38.8 Å². The van der Waals surface area contributed by atoms with Gasteiger partial charge < -0.3 is 9.47 Å². The first kappa shape index (κ1) is 18.6. The Morgan fingerprint density at radius 2 is 1.73 bits per heavy atom. The van der Waals surface area contributed by atoms with E-state index in [2.05, 4.69) is 24.0 Å². The summed E-state index contributed by atoms with van der Waals surface area (Å²) < 4.78 is 12.2. The molecule has 30 heavy (non-hydrogen) atoms. The van der Waals surface area contributed by atoms with Gasteiger partial charge >= 0.3 is 0 Å². The molecule has 0 aromatic heterocycles. The van der Waals surface area contributed by atoms with Crippen LogP contribution < -0.4 is 9.47 Å². The highest BCUT2D eigenvalue weighted by molar-refractivity contribution is 6.15. The summed E-state index contributed by atoms with van der Waals surface area (Å²) in [5, 5.41) is 0. The fraction of sp³-hybridized carbons (Fsp3) is 0.192. The lowest BCUT2D eigenvalue weighted by Crippen LogP contribution is -2.34. The molecule has 0 amide bonds. The minimum absolute atomic E-state index is 0.0672. The van der Waals surface area contributed by atoms with Gasteiger partial charge in [0.1, 0.15) is 18.2 Å². The Kier molecular flexibility index (Phi) is 4.64. The number of nitrogens with zero attached hydrogens (tertiary/aromatic N) is 1. The number of hydrogen-bond acceptors (Lipinski definition) is 4. The number of hydrogen-bond donors (Lipinski definition) is 0. The number of carbonyl (C=O) groups excluding carboxylic acids is 1. The third-order valence-electron chi connectivity index (χ3n) is 5.88. The predicted molar refractivity (Wildman–Crippen MR) is 116 cm³/mol. The first-order chi connectivity index (χ1) is 14.6. The average molecular weight is 397 g/mol. The van der Waals surface area contributed by atoms with Crippen LogP contribution in [0.4, 0.5) is 0 Å². The molecule has 0 radical (unpaired) electrons. The number of ether oxygens (including phenoxy) is 2. The van der Waals surface area contributed by atoms with Gasteiger partial charge in [0.05, 0.1) is 11.1 Å². The lowest BCUT2D eigenvalue weighted by Gasteiger charge is -2.34. The zero-order valence-corrected chi connectivity index (χ0v) is 17.1. The molecule has 0 N–H and O–H groups in total. The van der Waals surface area contributed by atoms with Gasteiger partial charge in [0.2, 0.25) is 5.78 Å². The summed E-state index contributed by atoms with van der Waals surface area (Å²) in [7, 11) is 0. The quantitative estimate of drug-likeness (QED) is 0.545. The van der Waals surface area contributed by atoms with Gasteiger partial charge in [0.15, 0.2) is 5.76 Å². The Hall–Kier alpha value is -3.37. The Bertz CT molecular complexity index is 1140. The molecule has 0 saturated carbocycles. The largest absolute Gasteiger partial charge is 0.478 e. The zero-order chi connectivity index (χ0) is 20.7. The van der Waals surface area contributed by atoms with E-state index >= 15 is 0 Å². The molecule has 0 aliphatic carbocycles. The van der Waals surface area contributed by atoms with Crippen molar-refractivity contribution in [3.8, 4) is 11.5 Å². The number of fused-ring (bicyclic) bond motifs is 3. The van der Waals surface area contributed by atoms with Crippen molar-refractivity contribution in [3.63, 3.8) is 0 Å². The lowest BCUT2D eigenvalue weighted by molar-refractivity contribution is 0.0605. The van der Waals surface area contributed by atoms with Crippen LogP contribution in [0.1, 0.15) is 45.6 Å². The van der Waals surface area contributed by atoms with Crippen molar-refractivity contribution in [3.05, 3.63) is 100 Å².